The molecule has 1 aromatic rings. The van der Waals surface area contributed by atoms with E-state index in [0.717, 1.165) is 25.5 Å². The molecular formula is C15H19F4NO. The minimum absolute atomic E-state index is 0.0605. The van der Waals surface area contributed by atoms with Crippen LogP contribution in [0, 0.1) is 5.82 Å². The first kappa shape index (κ1) is 16.2. The third kappa shape index (κ3) is 3.95. The molecule has 2 atom stereocenters. The standard InChI is InChI=1S/C15H19F4NO/c1-20-13(8-7-10-4-3-9-21-10)11-5-2-6-12(14(11)16)15(17,18)19/h2,5-6,10,13,20H,3-4,7-9H2,1H3. The van der Waals surface area contributed by atoms with Crippen LogP contribution in [-0.4, -0.2) is 19.8 Å². The predicted octanol–water partition coefficient (Wildman–Crippen LogP) is 4.06. The van der Waals surface area contributed by atoms with Crippen LogP contribution in [0.2, 0.25) is 0 Å². The van der Waals surface area contributed by atoms with Gasteiger partial charge in [-0.05, 0) is 38.8 Å². The molecule has 0 radical (unpaired) electrons. The Bertz CT molecular complexity index is 469. The zero-order valence-electron chi connectivity index (χ0n) is 11.8. The summed E-state index contributed by atoms with van der Waals surface area (Å²) in [5, 5.41) is 2.90. The first-order valence-electron chi connectivity index (χ1n) is 7.08. The molecule has 1 aromatic carbocycles. The van der Waals surface area contributed by atoms with Crippen molar-refractivity contribution in [3.05, 3.63) is 35.1 Å². The molecule has 0 aromatic heterocycles. The Hall–Kier alpha value is -1.14. The van der Waals surface area contributed by atoms with Crippen molar-refractivity contribution in [3.8, 4) is 0 Å². The van der Waals surface area contributed by atoms with E-state index in [1.54, 1.807) is 7.05 Å². The van der Waals surface area contributed by atoms with Gasteiger partial charge in [-0.3, -0.25) is 0 Å². The van der Waals surface area contributed by atoms with Crippen molar-refractivity contribution < 1.29 is 22.3 Å². The summed E-state index contributed by atoms with van der Waals surface area (Å²) in [5.74, 6) is -1.18. The lowest BCUT2D eigenvalue weighted by atomic mass is 9.97. The molecule has 6 heteroatoms. The molecule has 0 bridgehead atoms. The Balaban J connectivity index is 2.13. The molecule has 0 amide bonds. The lowest BCUT2D eigenvalue weighted by Gasteiger charge is -2.21. The van der Waals surface area contributed by atoms with Gasteiger partial charge in [0.15, 0.2) is 0 Å². The molecule has 1 saturated heterocycles. The number of nitrogens with one attached hydrogen (secondary N) is 1. The van der Waals surface area contributed by atoms with E-state index in [-0.39, 0.29) is 11.7 Å². The summed E-state index contributed by atoms with van der Waals surface area (Å²) in [5.41, 5.74) is -1.15. The molecule has 118 valence electrons. The van der Waals surface area contributed by atoms with Gasteiger partial charge in [0, 0.05) is 18.2 Å². The first-order chi connectivity index (χ1) is 9.93. The van der Waals surface area contributed by atoms with Crippen molar-refractivity contribution in [2.24, 2.45) is 0 Å². The molecule has 0 saturated carbocycles. The molecule has 2 unspecified atom stereocenters. The second kappa shape index (κ2) is 6.75. The van der Waals surface area contributed by atoms with Crippen molar-refractivity contribution in [2.75, 3.05) is 13.7 Å². The summed E-state index contributed by atoms with van der Waals surface area (Å²) in [6.45, 7) is 0.729. The van der Waals surface area contributed by atoms with E-state index in [1.165, 1.54) is 12.1 Å². The SMILES string of the molecule is CNC(CCC1CCCO1)c1cccc(C(F)(F)F)c1F. The molecule has 2 rings (SSSR count). The minimum atomic E-state index is -4.67. The Kier molecular flexibility index (Phi) is 5.22. The fourth-order valence-electron chi connectivity index (χ4n) is 2.72. The second-order valence-corrected chi connectivity index (χ2v) is 5.26. The molecule has 0 aliphatic carbocycles. The van der Waals surface area contributed by atoms with E-state index in [0.29, 0.717) is 12.8 Å². The van der Waals surface area contributed by atoms with Crippen LogP contribution in [0.5, 0.6) is 0 Å². The van der Waals surface area contributed by atoms with E-state index in [1.807, 2.05) is 0 Å². The van der Waals surface area contributed by atoms with Crippen molar-refractivity contribution in [3.63, 3.8) is 0 Å². The fourth-order valence-corrected chi connectivity index (χ4v) is 2.72. The molecule has 1 aliphatic heterocycles. The van der Waals surface area contributed by atoms with Crippen molar-refractivity contribution in [1.29, 1.82) is 0 Å². The van der Waals surface area contributed by atoms with Crippen LogP contribution >= 0.6 is 0 Å². The molecule has 2 nitrogen and oxygen atoms in total. The highest BCUT2D eigenvalue weighted by atomic mass is 19.4. The quantitative estimate of drug-likeness (QED) is 0.828. The Morgan fingerprint density at radius 1 is 1.38 bits per heavy atom. The summed E-state index contributed by atoms with van der Waals surface area (Å²) in [7, 11) is 1.62. The van der Waals surface area contributed by atoms with Gasteiger partial charge in [0.25, 0.3) is 0 Å². The van der Waals surface area contributed by atoms with Crippen LogP contribution in [-0.2, 0) is 10.9 Å². The van der Waals surface area contributed by atoms with Crippen LogP contribution in [0.25, 0.3) is 0 Å². The Morgan fingerprint density at radius 3 is 2.71 bits per heavy atom. The van der Waals surface area contributed by atoms with Gasteiger partial charge in [0.05, 0.1) is 11.7 Å². The predicted molar refractivity (Wildman–Crippen MR) is 71.4 cm³/mol. The number of rotatable bonds is 5. The molecule has 1 heterocycles. The summed E-state index contributed by atoms with van der Waals surface area (Å²) in [4.78, 5) is 0. The van der Waals surface area contributed by atoms with E-state index < -0.39 is 23.6 Å². The van der Waals surface area contributed by atoms with E-state index in [2.05, 4.69) is 5.32 Å². The average molecular weight is 305 g/mol. The van der Waals surface area contributed by atoms with Crippen molar-refractivity contribution >= 4 is 0 Å². The molecule has 0 spiro atoms. The van der Waals surface area contributed by atoms with Crippen LogP contribution in [0.3, 0.4) is 0 Å². The summed E-state index contributed by atoms with van der Waals surface area (Å²) in [6, 6.07) is 2.97. The van der Waals surface area contributed by atoms with Gasteiger partial charge >= 0.3 is 6.18 Å². The van der Waals surface area contributed by atoms with Crippen LogP contribution < -0.4 is 5.32 Å². The first-order valence-corrected chi connectivity index (χ1v) is 7.08. The smallest absolute Gasteiger partial charge is 0.378 e. The Morgan fingerprint density at radius 2 is 2.14 bits per heavy atom. The number of hydrogen-bond acceptors (Lipinski definition) is 2. The van der Waals surface area contributed by atoms with Crippen molar-refractivity contribution in [2.45, 2.75) is 44.0 Å². The summed E-state index contributed by atoms with van der Waals surface area (Å²) in [6.07, 6.45) is -1.32. The third-order valence-electron chi connectivity index (χ3n) is 3.86. The van der Waals surface area contributed by atoms with E-state index in [4.69, 9.17) is 4.74 Å². The number of hydrogen-bond donors (Lipinski definition) is 1. The number of halogens is 4. The van der Waals surface area contributed by atoms with Gasteiger partial charge in [0.1, 0.15) is 5.82 Å². The highest BCUT2D eigenvalue weighted by Crippen LogP contribution is 2.35. The number of benzene rings is 1. The fraction of sp³-hybridized carbons (Fsp3) is 0.600. The highest BCUT2D eigenvalue weighted by Gasteiger charge is 2.35. The third-order valence-corrected chi connectivity index (χ3v) is 3.86. The molecular weight excluding hydrogens is 286 g/mol. The molecule has 1 aliphatic rings. The van der Waals surface area contributed by atoms with Gasteiger partial charge in [-0.25, -0.2) is 4.39 Å². The maximum atomic E-state index is 14.1. The highest BCUT2D eigenvalue weighted by molar-refractivity contribution is 5.30. The number of alkyl halides is 3. The van der Waals surface area contributed by atoms with Gasteiger partial charge in [-0.15, -0.1) is 0 Å². The molecule has 1 fully saturated rings. The zero-order valence-corrected chi connectivity index (χ0v) is 11.8. The lowest BCUT2D eigenvalue weighted by Crippen LogP contribution is -2.21. The number of ether oxygens (including phenoxy) is 1. The van der Waals surface area contributed by atoms with E-state index in [9.17, 15) is 17.6 Å². The maximum Gasteiger partial charge on any atom is 0.419 e. The average Bonchev–Trinajstić information content (AvgIpc) is 2.93. The lowest BCUT2D eigenvalue weighted by molar-refractivity contribution is -0.140. The van der Waals surface area contributed by atoms with Gasteiger partial charge in [0.2, 0.25) is 0 Å². The monoisotopic (exact) mass is 305 g/mol. The van der Waals surface area contributed by atoms with Crippen LogP contribution in [0.1, 0.15) is 42.9 Å². The van der Waals surface area contributed by atoms with Crippen LogP contribution in [0.4, 0.5) is 17.6 Å². The molecule has 21 heavy (non-hydrogen) atoms. The van der Waals surface area contributed by atoms with Gasteiger partial charge in [-0.1, -0.05) is 12.1 Å². The molecule has 1 N–H and O–H groups in total. The maximum absolute atomic E-state index is 14.1. The minimum Gasteiger partial charge on any atom is -0.378 e. The van der Waals surface area contributed by atoms with Gasteiger partial charge in [-0.2, -0.15) is 13.2 Å². The zero-order chi connectivity index (χ0) is 15.5. The van der Waals surface area contributed by atoms with Crippen LogP contribution in [0.15, 0.2) is 18.2 Å². The Labute approximate surface area is 121 Å². The van der Waals surface area contributed by atoms with Crippen molar-refractivity contribution in [1.82, 2.24) is 5.32 Å². The topological polar surface area (TPSA) is 21.3 Å². The summed E-state index contributed by atoms with van der Waals surface area (Å²) >= 11 is 0. The normalized spacial score (nSPS) is 20.7. The largest absolute Gasteiger partial charge is 0.419 e. The van der Waals surface area contributed by atoms with E-state index >= 15 is 0 Å². The summed E-state index contributed by atoms with van der Waals surface area (Å²) < 4.78 is 57.8. The second-order valence-electron chi connectivity index (χ2n) is 5.26. The van der Waals surface area contributed by atoms with Gasteiger partial charge < -0.3 is 10.1 Å².